The fourth-order valence-corrected chi connectivity index (χ4v) is 3.13. The van der Waals surface area contributed by atoms with Crippen LogP contribution in [0.2, 0.25) is 0 Å². The first-order valence-electron chi connectivity index (χ1n) is 7.48. The lowest BCUT2D eigenvalue weighted by Crippen LogP contribution is -2.26. The molecule has 24 heavy (non-hydrogen) atoms. The first-order chi connectivity index (χ1) is 11.6. The minimum Gasteiger partial charge on any atom is -0.169 e. The maximum atomic E-state index is 12.6. The van der Waals surface area contributed by atoms with E-state index in [1.165, 1.54) is 5.06 Å². The molecule has 4 nitrogen and oxygen atoms in total. The molecule has 0 spiro atoms. The van der Waals surface area contributed by atoms with Crippen molar-refractivity contribution in [3.8, 4) is 0 Å². The highest BCUT2D eigenvalue weighted by Gasteiger charge is 2.39. The minimum atomic E-state index is -3.95. The van der Waals surface area contributed by atoms with E-state index in [0.29, 0.717) is 11.4 Å². The van der Waals surface area contributed by atoms with Gasteiger partial charge < -0.3 is 0 Å². The van der Waals surface area contributed by atoms with Crippen molar-refractivity contribution in [2.75, 3.05) is 5.06 Å². The third-order valence-corrected chi connectivity index (χ3v) is 4.66. The zero-order valence-electron chi connectivity index (χ0n) is 13.2. The van der Waals surface area contributed by atoms with Crippen LogP contribution in [-0.4, -0.2) is 0 Å². The Bertz CT molecular complexity index is 796. The van der Waals surface area contributed by atoms with E-state index >= 15 is 0 Å². The molecule has 1 radical (unpaired) electrons. The molecule has 3 rings (SSSR count). The second-order valence-electron chi connectivity index (χ2n) is 5.31. The Morgan fingerprint density at radius 2 is 1.21 bits per heavy atom. The summed E-state index contributed by atoms with van der Waals surface area (Å²) < 4.78 is 30.7. The summed E-state index contributed by atoms with van der Waals surface area (Å²) in [5, 5.41) is 1.31. The lowest BCUT2D eigenvalue weighted by molar-refractivity contribution is 0.257. The minimum absolute atomic E-state index is 0.116. The zero-order valence-corrected chi connectivity index (χ0v) is 14.0. The van der Waals surface area contributed by atoms with Gasteiger partial charge in [-0.15, -0.1) is 0 Å². The van der Waals surface area contributed by atoms with Gasteiger partial charge in [0.2, 0.25) is 4.90 Å². The number of nitrogens with zero attached hydrogens (tertiary/aromatic N) is 1. The summed E-state index contributed by atoms with van der Waals surface area (Å²) in [5.41, 5.74) is 2.23. The van der Waals surface area contributed by atoms with Crippen molar-refractivity contribution >= 4 is 21.9 Å². The smallest absolute Gasteiger partial charge is 0.169 e. The molecule has 1 atom stereocenters. The molecular formula is C19H17NO3S+. The third-order valence-electron chi connectivity index (χ3n) is 3.46. The van der Waals surface area contributed by atoms with Crippen molar-refractivity contribution in [3.63, 3.8) is 0 Å². The summed E-state index contributed by atoms with van der Waals surface area (Å²) in [4.78, 5) is 0.116. The lowest BCUT2D eigenvalue weighted by atomic mass is 10.2. The first kappa shape index (κ1) is 16.4. The number of aryl methyl sites for hydroxylation is 1. The van der Waals surface area contributed by atoms with Gasteiger partial charge in [0.05, 0.1) is 15.9 Å². The van der Waals surface area contributed by atoms with Crippen molar-refractivity contribution < 1.29 is 13.0 Å². The predicted octanol–water partition coefficient (Wildman–Crippen LogP) is 4.88. The molecule has 0 aliphatic carbocycles. The normalized spacial score (nSPS) is 13.2. The Hall–Kier alpha value is -2.47. The van der Waals surface area contributed by atoms with Crippen LogP contribution in [0, 0.1) is 6.92 Å². The van der Waals surface area contributed by atoms with Gasteiger partial charge in [0, 0.05) is 0 Å². The largest absolute Gasteiger partial charge is 0.453 e. The van der Waals surface area contributed by atoms with E-state index in [0.717, 1.165) is 5.56 Å². The van der Waals surface area contributed by atoms with Gasteiger partial charge >= 0.3 is 10.5 Å². The first-order valence-corrected chi connectivity index (χ1v) is 8.88. The summed E-state index contributed by atoms with van der Waals surface area (Å²) in [7, 11) is -3.95. The Balaban J connectivity index is 1.98. The van der Waals surface area contributed by atoms with E-state index < -0.39 is 10.5 Å². The van der Waals surface area contributed by atoms with E-state index in [1.54, 1.807) is 48.5 Å². The van der Waals surface area contributed by atoms with Gasteiger partial charge in [-0.1, -0.05) is 54.1 Å². The molecule has 0 fully saturated rings. The van der Waals surface area contributed by atoms with Crippen molar-refractivity contribution in [1.82, 2.24) is 0 Å². The number of hydrogen-bond acceptors (Lipinski definition) is 3. The van der Waals surface area contributed by atoms with Crippen LogP contribution in [0.5, 0.6) is 0 Å². The van der Waals surface area contributed by atoms with Crippen LogP contribution < -0.4 is 5.06 Å². The Labute approximate surface area is 142 Å². The van der Waals surface area contributed by atoms with Crippen LogP contribution in [0.15, 0.2) is 89.8 Å². The van der Waals surface area contributed by atoms with E-state index in [1.807, 2.05) is 43.3 Å². The molecule has 3 aromatic carbocycles. The number of rotatable bonds is 5. The van der Waals surface area contributed by atoms with Gasteiger partial charge in [-0.2, -0.15) is 5.06 Å². The molecule has 0 heterocycles. The van der Waals surface area contributed by atoms with E-state index in [9.17, 15) is 8.76 Å². The van der Waals surface area contributed by atoms with Crippen LogP contribution in [0.1, 0.15) is 5.56 Å². The highest BCUT2D eigenvalue weighted by Crippen LogP contribution is 2.30. The highest BCUT2D eigenvalue weighted by atomic mass is 32.3. The number of anilines is 2. The molecule has 0 N–H and O–H groups in total. The highest BCUT2D eigenvalue weighted by molar-refractivity contribution is 7.93. The zero-order chi connectivity index (χ0) is 17.0. The Morgan fingerprint density at radius 1 is 0.750 bits per heavy atom. The molecule has 0 amide bonds. The van der Waals surface area contributed by atoms with Crippen molar-refractivity contribution in [2.45, 2.75) is 11.8 Å². The average molecular weight is 339 g/mol. The molecule has 0 saturated heterocycles. The monoisotopic (exact) mass is 339 g/mol. The lowest BCUT2D eigenvalue weighted by Gasteiger charge is -2.19. The number of hydrogen-bond donors (Lipinski definition) is 0. The summed E-state index contributed by atoms with van der Waals surface area (Å²) in [6.07, 6.45) is 0. The number of benzene rings is 3. The summed E-state index contributed by atoms with van der Waals surface area (Å²) in [5.74, 6) is 0. The SMILES string of the molecule is Cc1ccc([S+]([O])(=O)ON(c2ccccc2)c2ccccc2)cc1. The fraction of sp³-hybridized carbons (Fsp3) is 0.0526. The van der Waals surface area contributed by atoms with Gasteiger partial charge in [-0.05, 0) is 51.8 Å². The molecule has 1 unspecified atom stereocenters. The molecule has 0 aromatic heterocycles. The van der Waals surface area contributed by atoms with Crippen molar-refractivity contribution in [2.24, 2.45) is 0 Å². The molecule has 121 valence electrons. The summed E-state index contributed by atoms with van der Waals surface area (Å²) in [6.45, 7) is 1.90. The number of para-hydroxylation sites is 2. The van der Waals surface area contributed by atoms with Gasteiger partial charge in [-0.25, -0.2) is 0 Å². The van der Waals surface area contributed by atoms with Gasteiger partial charge in [-0.3, -0.25) is 0 Å². The second-order valence-corrected chi connectivity index (χ2v) is 6.84. The standard InChI is InChI=1S/C19H17NO3S/c1-16-12-14-19(15-13-16)24(21,22)23-20(17-8-4-2-5-9-17)18-10-6-3-7-11-18/h2-15H,1H3/q+1. The topological polar surface area (TPSA) is 49.4 Å². The van der Waals surface area contributed by atoms with Gasteiger partial charge in [0.1, 0.15) is 0 Å². The second kappa shape index (κ2) is 6.97. The molecule has 0 aliphatic heterocycles. The fourth-order valence-electron chi connectivity index (χ4n) is 2.21. The van der Waals surface area contributed by atoms with Crippen LogP contribution in [-0.2, 0) is 23.5 Å². The van der Waals surface area contributed by atoms with Gasteiger partial charge in [0.25, 0.3) is 0 Å². The maximum Gasteiger partial charge on any atom is 0.453 e. The Kier molecular flexibility index (Phi) is 4.76. The molecule has 5 heteroatoms. The van der Waals surface area contributed by atoms with Gasteiger partial charge in [0.15, 0.2) is 0 Å². The molecular weight excluding hydrogens is 322 g/mol. The van der Waals surface area contributed by atoms with Crippen LogP contribution >= 0.6 is 0 Å². The van der Waals surface area contributed by atoms with E-state index in [4.69, 9.17) is 4.28 Å². The maximum absolute atomic E-state index is 12.6. The third kappa shape index (κ3) is 3.71. The van der Waals surface area contributed by atoms with Crippen molar-refractivity contribution in [3.05, 3.63) is 90.5 Å². The predicted molar refractivity (Wildman–Crippen MR) is 94.3 cm³/mol. The van der Waals surface area contributed by atoms with Crippen LogP contribution in [0.3, 0.4) is 0 Å². The molecule has 0 aliphatic rings. The van der Waals surface area contributed by atoms with E-state index in [-0.39, 0.29) is 4.90 Å². The van der Waals surface area contributed by atoms with Crippen LogP contribution in [0.4, 0.5) is 11.4 Å². The molecule has 3 aromatic rings. The van der Waals surface area contributed by atoms with Crippen molar-refractivity contribution in [1.29, 1.82) is 0 Å². The summed E-state index contributed by atoms with van der Waals surface area (Å²) >= 11 is 0. The molecule has 0 saturated carbocycles. The molecule has 0 bridgehead atoms. The van der Waals surface area contributed by atoms with E-state index in [2.05, 4.69) is 0 Å². The average Bonchev–Trinajstić information content (AvgIpc) is 2.62. The summed E-state index contributed by atoms with van der Waals surface area (Å²) in [6, 6.07) is 24.8. The Morgan fingerprint density at radius 3 is 1.67 bits per heavy atom. The van der Waals surface area contributed by atoms with Crippen LogP contribution in [0.25, 0.3) is 0 Å². The quantitative estimate of drug-likeness (QED) is 0.491.